The monoisotopic (exact) mass is 278 g/mol. The summed E-state index contributed by atoms with van der Waals surface area (Å²) in [5.74, 6) is 0. The third kappa shape index (κ3) is 2.29. The molecule has 0 heterocycles. The van der Waals surface area contributed by atoms with Crippen LogP contribution in [0.3, 0.4) is 0 Å². The van der Waals surface area contributed by atoms with Crippen molar-refractivity contribution in [2.75, 3.05) is 0 Å². The zero-order chi connectivity index (χ0) is 13.3. The first-order valence-corrected chi connectivity index (χ1v) is 6.31. The molecule has 0 radical (unpaired) electrons. The first kappa shape index (κ1) is 13.1. The molecule has 0 N–H and O–H groups in total. The van der Waals surface area contributed by atoms with Crippen molar-refractivity contribution in [3.8, 4) is 11.1 Å². The number of benzene rings is 2. The van der Waals surface area contributed by atoms with E-state index in [0.717, 1.165) is 28.5 Å². The van der Waals surface area contributed by atoms with Crippen molar-refractivity contribution in [1.82, 2.24) is 0 Å². The second-order valence-corrected chi connectivity index (χ2v) is 5.05. The predicted molar refractivity (Wildman–Crippen MR) is 76.8 cm³/mol. The molecule has 2 rings (SSSR count). The summed E-state index contributed by atoms with van der Waals surface area (Å²) in [6, 6.07) is 9.25. The number of rotatable bonds is 2. The normalized spacial score (nSPS) is 10.4. The Morgan fingerprint density at radius 3 is 2.17 bits per heavy atom. The first-order valence-electron chi connectivity index (χ1n) is 5.55. The van der Waals surface area contributed by atoms with Gasteiger partial charge < -0.3 is 0 Å². The van der Waals surface area contributed by atoms with Crippen LogP contribution in [0, 0.1) is 13.8 Å². The highest BCUT2D eigenvalue weighted by molar-refractivity contribution is 6.39. The van der Waals surface area contributed by atoms with E-state index < -0.39 is 0 Å². The van der Waals surface area contributed by atoms with Crippen LogP contribution in [0.5, 0.6) is 0 Å². The lowest BCUT2D eigenvalue weighted by Gasteiger charge is -2.12. The van der Waals surface area contributed by atoms with Gasteiger partial charge in [0.05, 0.1) is 0 Å². The maximum absolute atomic E-state index is 10.9. The Balaban J connectivity index is 2.72. The molecule has 0 unspecified atom stereocenters. The minimum absolute atomic E-state index is 0.615. The Labute approximate surface area is 116 Å². The largest absolute Gasteiger partial charge is 0.298 e. The van der Waals surface area contributed by atoms with Crippen molar-refractivity contribution in [2.45, 2.75) is 13.8 Å². The quantitative estimate of drug-likeness (QED) is 0.700. The zero-order valence-corrected chi connectivity index (χ0v) is 11.6. The van der Waals surface area contributed by atoms with Gasteiger partial charge in [0.15, 0.2) is 0 Å². The van der Waals surface area contributed by atoms with E-state index in [2.05, 4.69) is 0 Å². The number of aryl methyl sites for hydroxylation is 2. The predicted octanol–water partition coefficient (Wildman–Crippen LogP) is 5.09. The molecule has 18 heavy (non-hydrogen) atoms. The van der Waals surface area contributed by atoms with Crippen LogP contribution in [0.2, 0.25) is 10.0 Å². The van der Waals surface area contributed by atoms with Crippen LogP contribution < -0.4 is 0 Å². The van der Waals surface area contributed by atoms with E-state index >= 15 is 0 Å². The highest BCUT2D eigenvalue weighted by Crippen LogP contribution is 2.37. The Hall–Kier alpha value is -1.31. The molecule has 2 aromatic carbocycles. The Kier molecular flexibility index (Phi) is 3.74. The molecule has 3 heteroatoms. The molecule has 0 fully saturated rings. The minimum atomic E-state index is 0.615. The van der Waals surface area contributed by atoms with Gasteiger partial charge in [0, 0.05) is 21.2 Å². The smallest absolute Gasteiger partial charge is 0.150 e. The van der Waals surface area contributed by atoms with Crippen molar-refractivity contribution < 1.29 is 4.79 Å². The van der Waals surface area contributed by atoms with E-state index in [4.69, 9.17) is 23.2 Å². The molecule has 0 saturated heterocycles. The summed E-state index contributed by atoms with van der Waals surface area (Å²) >= 11 is 12.4. The maximum Gasteiger partial charge on any atom is 0.150 e. The van der Waals surface area contributed by atoms with E-state index in [1.54, 1.807) is 0 Å². The SMILES string of the molecule is Cc1cc(-c2c(Cl)cccc2Cl)c(C)cc1C=O. The van der Waals surface area contributed by atoms with Gasteiger partial charge >= 0.3 is 0 Å². The molecule has 0 aromatic heterocycles. The van der Waals surface area contributed by atoms with Crippen molar-refractivity contribution in [2.24, 2.45) is 0 Å². The first-order chi connectivity index (χ1) is 8.54. The fourth-order valence-corrected chi connectivity index (χ4v) is 2.59. The molecule has 0 aliphatic rings. The van der Waals surface area contributed by atoms with E-state index in [9.17, 15) is 4.79 Å². The lowest BCUT2D eigenvalue weighted by atomic mass is 9.95. The lowest BCUT2D eigenvalue weighted by Crippen LogP contribution is -1.93. The second kappa shape index (κ2) is 5.13. The van der Waals surface area contributed by atoms with Crippen LogP contribution >= 0.6 is 23.2 Å². The minimum Gasteiger partial charge on any atom is -0.298 e. The zero-order valence-electron chi connectivity index (χ0n) is 10.1. The van der Waals surface area contributed by atoms with Gasteiger partial charge in [0.1, 0.15) is 6.29 Å². The van der Waals surface area contributed by atoms with Gasteiger partial charge in [-0.2, -0.15) is 0 Å². The molecule has 1 nitrogen and oxygen atoms in total. The van der Waals surface area contributed by atoms with Gasteiger partial charge in [0.25, 0.3) is 0 Å². The van der Waals surface area contributed by atoms with Crippen LogP contribution in [-0.2, 0) is 0 Å². The van der Waals surface area contributed by atoms with Crippen LogP contribution in [-0.4, -0.2) is 6.29 Å². The van der Waals surface area contributed by atoms with E-state index in [-0.39, 0.29) is 0 Å². The number of carbonyl (C=O) groups excluding carboxylic acids is 1. The number of halogens is 2. The average Bonchev–Trinajstić information content (AvgIpc) is 2.32. The van der Waals surface area contributed by atoms with Gasteiger partial charge in [-0.15, -0.1) is 0 Å². The van der Waals surface area contributed by atoms with Crippen molar-refractivity contribution in [1.29, 1.82) is 0 Å². The maximum atomic E-state index is 10.9. The second-order valence-electron chi connectivity index (χ2n) is 4.24. The summed E-state index contributed by atoms with van der Waals surface area (Å²) in [7, 11) is 0. The van der Waals surface area contributed by atoms with Gasteiger partial charge in [0.2, 0.25) is 0 Å². The van der Waals surface area contributed by atoms with Crippen LogP contribution in [0.4, 0.5) is 0 Å². The topological polar surface area (TPSA) is 17.1 Å². The molecule has 0 spiro atoms. The standard InChI is InChI=1S/C15H12Cl2O/c1-9-7-12(10(2)6-11(9)8-18)15-13(16)4-3-5-14(15)17/h3-8H,1-2H3. The number of hydrogen-bond donors (Lipinski definition) is 0. The Morgan fingerprint density at radius 2 is 1.61 bits per heavy atom. The van der Waals surface area contributed by atoms with Crippen LogP contribution in [0.25, 0.3) is 11.1 Å². The van der Waals surface area contributed by atoms with Crippen molar-refractivity contribution in [3.63, 3.8) is 0 Å². The Bertz CT molecular complexity index is 598. The van der Waals surface area contributed by atoms with Gasteiger partial charge in [-0.1, -0.05) is 35.3 Å². The molecule has 0 saturated carbocycles. The third-order valence-corrected chi connectivity index (χ3v) is 3.60. The van der Waals surface area contributed by atoms with Gasteiger partial charge in [-0.3, -0.25) is 4.79 Å². The summed E-state index contributed by atoms with van der Waals surface area (Å²) in [4.78, 5) is 10.9. The van der Waals surface area contributed by atoms with Crippen molar-refractivity contribution in [3.05, 3.63) is 57.1 Å². The number of hydrogen-bond acceptors (Lipinski definition) is 1. The molecule has 0 aliphatic carbocycles. The molecule has 0 aliphatic heterocycles. The Morgan fingerprint density at radius 1 is 1.00 bits per heavy atom. The fourth-order valence-electron chi connectivity index (χ4n) is 1.99. The van der Waals surface area contributed by atoms with Crippen LogP contribution in [0.1, 0.15) is 21.5 Å². The highest BCUT2D eigenvalue weighted by Gasteiger charge is 2.12. The lowest BCUT2D eigenvalue weighted by molar-refractivity contribution is 0.112. The molecule has 2 aromatic rings. The summed E-state index contributed by atoms with van der Waals surface area (Å²) in [6.45, 7) is 3.85. The molecular weight excluding hydrogens is 267 g/mol. The molecular formula is C15H12Cl2O. The molecule has 0 amide bonds. The molecule has 0 bridgehead atoms. The van der Waals surface area contributed by atoms with E-state index in [0.29, 0.717) is 15.6 Å². The highest BCUT2D eigenvalue weighted by atomic mass is 35.5. The molecule has 0 atom stereocenters. The van der Waals surface area contributed by atoms with E-state index in [1.807, 2.05) is 44.2 Å². The molecule has 92 valence electrons. The summed E-state index contributed by atoms with van der Waals surface area (Å²) in [6.07, 6.45) is 0.861. The summed E-state index contributed by atoms with van der Waals surface area (Å²) < 4.78 is 0. The third-order valence-electron chi connectivity index (χ3n) is 2.97. The van der Waals surface area contributed by atoms with E-state index in [1.165, 1.54) is 0 Å². The fraction of sp³-hybridized carbons (Fsp3) is 0.133. The van der Waals surface area contributed by atoms with Gasteiger partial charge in [-0.05, 0) is 48.7 Å². The number of carbonyl (C=O) groups is 1. The van der Waals surface area contributed by atoms with Crippen LogP contribution in [0.15, 0.2) is 30.3 Å². The summed E-state index contributed by atoms with van der Waals surface area (Å²) in [5, 5.41) is 1.23. The number of aldehydes is 1. The van der Waals surface area contributed by atoms with Gasteiger partial charge in [-0.25, -0.2) is 0 Å². The average molecular weight is 279 g/mol. The van der Waals surface area contributed by atoms with Crippen molar-refractivity contribution >= 4 is 29.5 Å². The summed E-state index contributed by atoms with van der Waals surface area (Å²) in [5.41, 5.74) is 4.38.